The second-order valence-corrected chi connectivity index (χ2v) is 7.45. The number of Topliss-reactive ketones (excluding diaryl/α,β-unsaturated/α-hetero) is 1. The summed E-state index contributed by atoms with van der Waals surface area (Å²) in [5, 5.41) is 4.91. The zero-order chi connectivity index (χ0) is 16.4. The van der Waals surface area contributed by atoms with Gasteiger partial charge in [0.15, 0.2) is 0 Å². The van der Waals surface area contributed by atoms with E-state index < -0.39 is 16.3 Å². The van der Waals surface area contributed by atoms with Gasteiger partial charge in [-0.15, -0.1) is 0 Å². The van der Waals surface area contributed by atoms with E-state index in [1.165, 1.54) is 18.9 Å². The molecule has 5 nitrogen and oxygen atoms in total. The van der Waals surface area contributed by atoms with Crippen molar-refractivity contribution in [2.45, 2.75) is 32.1 Å². The van der Waals surface area contributed by atoms with Gasteiger partial charge >= 0.3 is 5.97 Å². The number of benzene rings is 1. The lowest BCUT2D eigenvalue weighted by atomic mass is 9.87. The maximum Gasteiger partial charge on any atom is 0.344 e. The first kappa shape index (κ1) is 16.5. The van der Waals surface area contributed by atoms with Crippen LogP contribution in [-0.4, -0.2) is 28.8 Å². The highest BCUT2D eigenvalue weighted by molar-refractivity contribution is 8.16. The number of thioether (sulfide) groups is 1. The van der Waals surface area contributed by atoms with Gasteiger partial charge in [0, 0.05) is 11.0 Å². The SMILES string of the molecule is COC(=O)[C@@]1(CC(=O)C(C)(C)C)NN=C(c2ccccc2)S1. The van der Waals surface area contributed by atoms with Crippen LogP contribution in [-0.2, 0) is 14.3 Å². The molecular formula is C16H20N2O3S. The van der Waals surface area contributed by atoms with Crippen LogP contribution < -0.4 is 5.43 Å². The fourth-order valence-electron chi connectivity index (χ4n) is 1.95. The molecule has 118 valence electrons. The predicted molar refractivity (Wildman–Crippen MR) is 87.5 cm³/mol. The number of esters is 1. The second-order valence-electron chi connectivity index (χ2n) is 6.17. The Kier molecular flexibility index (Phi) is 4.60. The number of ketones is 1. The van der Waals surface area contributed by atoms with E-state index in [4.69, 9.17) is 4.74 Å². The summed E-state index contributed by atoms with van der Waals surface area (Å²) in [7, 11) is 1.31. The number of nitrogens with one attached hydrogen (secondary N) is 1. The smallest absolute Gasteiger partial charge is 0.344 e. The van der Waals surface area contributed by atoms with Crippen molar-refractivity contribution in [3.05, 3.63) is 35.9 Å². The summed E-state index contributed by atoms with van der Waals surface area (Å²) in [5.74, 6) is -0.521. The Morgan fingerprint density at radius 1 is 1.27 bits per heavy atom. The van der Waals surface area contributed by atoms with Crippen molar-refractivity contribution in [3.63, 3.8) is 0 Å². The molecule has 0 saturated carbocycles. The van der Waals surface area contributed by atoms with E-state index in [0.717, 1.165) is 5.56 Å². The number of carbonyl (C=O) groups is 2. The minimum absolute atomic E-state index is 0.0215. The normalized spacial score (nSPS) is 21.0. The van der Waals surface area contributed by atoms with Crippen LogP contribution >= 0.6 is 11.8 Å². The predicted octanol–water partition coefficient (Wildman–Crippen LogP) is 2.56. The first-order chi connectivity index (χ1) is 10.3. The molecule has 1 aliphatic heterocycles. The molecule has 0 unspecified atom stereocenters. The summed E-state index contributed by atoms with van der Waals surface area (Å²) in [5.41, 5.74) is 3.20. The van der Waals surface area contributed by atoms with Gasteiger partial charge in [0.25, 0.3) is 0 Å². The van der Waals surface area contributed by atoms with E-state index in [1.54, 1.807) is 0 Å². The monoisotopic (exact) mass is 320 g/mol. The number of carbonyl (C=O) groups excluding carboxylic acids is 2. The molecule has 0 saturated heterocycles. The van der Waals surface area contributed by atoms with Gasteiger partial charge in [-0.1, -0.05) is 62.9 Å². The van der Waals surface area contributed by atoms with Crippen molar-refractivity contribution in [1.82, 2.24) is 5.43 Å². The molecule has 6 heteroatoms. The van der Waals surface area contributed by atoms with Crippen LogP contribution in [0.4, 0.5) is 0 Å². The van der Waals surface area contributed by atoms with Gasteiger partial charge in [-0.3, -0.25) is 10.2 Å². The average molecular weight is 320 g/mol. The molecule has 0 aromatic heterocycles. The zero-order valence-electron chi connectivity index (χ0n) is 13.2. The number of hydrogen-bond acceptors (Lipinski definition) is 6. The second kappa shape index (κ2) is 6.12. The van der Waals surface area contributed by atoms with Gasteiger partial charge in [-0.2, -0.15) is 5.10 Å². The molecule has 0 aliphatic carbocycles. The first-order valence-electron chi connectivity index (χ1n) is 6.99. The van der Waals surface area contributed by atoms with Crippen molar-refractivity contribution < 1.29 is 14.3 Å². The third-order valence-electron chi connectivity index (χ3n) is 3.39. The Morgan fingerprint density at radius 3 is 2.45 bits per heavy atom. The van der Waals surface area contributed by atoms with Crippen LogP contribution in [0.3, 0.4) is 0 Å². The molecule has 0 bridgehead atoms. The quantitative estimate of drug-likeness (QED) is 0.864. The minimum Gasteiger partial charge on any atom is -0.467 e. The molecule has 0 radical (unpaired) electrons. The zero-order valence-corrected chi connectivity index (χ0v) is 14.0. The summed E-state index contributed by atoms with van der Waals surface area (Å²) in [6, 6.07) is 9.53. The van der Waals surface area contributed by atoms with Crippen LogP contribution in [0.25, 0.3) is 0 Å². The van der Waals surface area contributed by atoms with E-state index in [-0.39, 0.29) is 12.2 Å². The molecule has 2 rings (SSSR count). The maximum atomic E-state index is 12.4. The van der Waals surface area contributed by atoms with Gasteiger partial charge < -0.3 is 4.74 Å². The van der Waals surface area contributed by atoms with E-state index >= 15 is 0 Å². The third kappa shape index (κ3) is 3.32. The van der Waals surface area contributed by atoms with Gasteiger partial charge in [0.1, 0.15) is 10.8 Å². The number of hydrazone groups is 1. The van der Waals surface area contributed by atoms with E-state index in [9.17, 15) is 9.59 Å². The van der Waals surface area contributed by atoms with Crippen LogP contribution in [0.15, 0.2) is 35.4 Å². The minimum atomic E-state index is -1.19. The van der Waals surface area contributed by atoms with Crippen LogP contribution in [0, 0.1) is 5.41 Å². The van der Waals surface area contributed by atoms with Crippen molar-refractivity contribution >= 4 is 28.6 Å². The van der Waals surface area contributed by atoms with Crippen LogP contribution in [0.2, 0.25) is 0 Å². The summed E-state index contributed by atoms with van der Waals surface area (Å²) in [6.07, 6.45) is 0.0215. The number of ether oxygens (including phenoxy) is 1. The maximum absolute atomic E-state index is 12.4. The lowest BCUT2D eigenvalue weighted by Crippen LogP contribution is -2.48. The highest BCUT2D eigenvalue weighted by atomic mass is 32.2. The van der Waals surface area contributed by atoms with Gasteiger partial charge in [-0.05, 0) is 0 Å². The molecule has 1 aromatic carbocycles. The Balaban J connectivity index is 2.24. The molecular weight excluding hydrogens is 300 g/mol. The van der Waals surface area contributed by atoms with Gasteiger partial charge in [0.2, 0.25) is 4.87 Å². The molecule has 0 amide bonds. The molecule has 0 fully saturated rings. The Bertz CT molecular complexity index is 608. The topological polar surface area (TPSA) is 67.8 Å². The summed E-state index contributed by atoms with van der Waals surface area (Å²) >= 11 is 1.23. The van der Waals surface area contributed by atoms with Crippen molar-refractivity contribution in [1.29, 1.82) is 0 Å². The fraction of sp³-hybridized carbons (Fsp3) is 0.438. The molecule has 1 N–H and O–H groups in total. The average Bonchev–Trinajstić information content (AvgIpc) is 2.92. The highest BCUT2D eigenvalue weighted by Gasteiger charge is 2.48. The lowest BCUT2D eigenvalue weighted by Gasteiger charge is -2.27. The summed E-state index contributed by atoms with van der Waals surface area (Å²) in [4.78, 5) is 23.4. The Morgan fingerprint density at radius 2 is 1.91 bits per heavy atom. The number of hydrogen-bond donors (Lipinski definition) is 1. The molecule has 22 heavy (non-hydrogen) atoms. The van der Waals surface area contributed by atoms with Crippen molar-refractivity contribution in [2.24, 2.45) is 10.5 Å². The Hall–Kier alpha value is -1.82. The van der Waals surface area contributed by atoms with Crippen LogP contribution in [0.5, 0.6) is 0 Å². The van der Waals surface area contributed by atoms with Crippen LogP contribution in [0.1, 0.15) is 32.8 Å². The summed E-state index contributed by atoms with van der Waals surface area (Å²) in [6.45, 7) is 5.50. The molecule has 1 atom stereocenters. The number of rotatable bonds is 4. The summed E-state index contributed by atoms with van der Waals surface area (Å²) < 4.78 is 4.89. The van der Waals surface area contributed by atoms with Crippen molar-refractivity contribution in [2.75, 3.05) is 7.11 Å². The molecule has 0 spiro atoms. The highest BCUT2D eigenvalue weighted by Crippen LogP contribution is 2.38. The first-order valence-corrected chi connectivity index (χ1v) is 7.81. The third-order valence-corrected chi connectivity index (χ3v) is 4.66. The standard InChI is InChI=1S/C16H20N2O3S/c1-15(2,3)12(19)10-16(14(20)21-4)18-17-13(22-16)11-8-6-5-7-9-11/h5-9,18H,10H2,1-4H3/t16-/m0/s1. The molecule has 1 heterocycles. The van der Waals surface area contributed by atoms with Crippen molar-refractivity contribution in [3.8, 4) is 0 Å². The van der Waals surface area contributed by atoms with E-state index in [1.807, 2.05) is 51.1 Å². The Labute approximate surface area is 134 Å². The largest absolute Gasteiger partial charge is 0.467 e. The number of nitrogens with zero attached hydrogens (tertiary/aromatic N) is 1. The fourth-order valence-corrected chi connectivity index (χ4v) is 3.08. The molecule has 1 aliphatic rings. The van der Waals surface area contributed by atoms with E-state index in [0.29, 0.717) is 5.04 Å². The van der Waals surface area contributed by atoms with Gasteiger partial charge in [-0.25, -0.2) is 4.79 Å². The molecule has 1 aromatic rings. The number of methoxy groups -OCH3 is 1. The lowest BCUT2D eigenvalue weighted by molar-refractivity contribution is -0.146. The van der Waals surface area contributed by atoms with E-state index in [2.05, 4.69) is 10.5 Å². The van der Waals surface area contributed by atoms with Gasteiger partial charge in [0.05, 0.1) is 13.5 Å².